The predicted octanol–water partition coefficient (Wildman–Crippen LogP) is 1.99. The van der Waals surface area contributed by atoms with E-state index in [1.807, 2.05) is 0 Å². The van der Waals surface area contributed by atoms with Crippen molar-refractivity contribution in [1.82, 2.24) is 10.2 Å². The Labute approximate surface area is 89.2 Å². The molecule has 0 fully saturated rings. The third-order valence-electron chi connectivity index (χ3n) is 1.52. The van der Waals surface area contributed by atoms with Crippen LogP contribution >= 0.6 is 27.5 Å². The molecule has 4 nitrogen and oxygen atoms in total. The van der Waals surface area contributed by atoms with E-state index in [1.165, 1.54) is 0 Å². The van der Waals surface area contributed by atoms with Crippen molar-refractivity contribution >= 4 is 39.3 Å². The third-order valence-corrected chi connectivity index (χ3v) is 2.58. The fourth-order valence-corrected chi connectivity index (χ4v) is 1.11. The molecule has 1 unspecified atom stereocenters. The molecule has 0 spiro atoms. The molecule has 0 aliphatic rings. The van der Waals surface area contributed by atoms with Gasteiger partial charge in [0.25, 0.3) is 0 Å². The number of alkyl halides is 1. The highest BCUT2D eigenvalue weighted by molar-refractivity contribution is 9.10. The SMILES string of the molecule is CC(CCl)C(=O)Nc1[nH]ncc1Br. The van der Waals surface area contributed by atoms with Crippen molar-refractivity contribution in [3.05, 3.63) is 10.7 Å². The second kappa shape index (κ2) is 4.62. The van der Waals surface area contributed by atoms with Crippen LogP contribution in [0.4, 0.5) is 5.82 Å². The van der Waals surface area contributed by atoms with E-state index in [-0.39, 0.29) is 11.8 Å². The van der Waals surface area contributed by atoms with Crippen LogP contribution in [0.2, 0.25) is 0 Å². The average molecular weight is 267 g/mol. The van der Waals surface area contributed by atoms with Crippen molar-refractivity contribution in [3.8, 4) is 0 Å². The van der Waals surface area contributed by atoms with E-state index in [2.05, 4.69) is 31.4 Å². The van der Waals surface area contributed by atoms with Gasteiger partial charge in [0.1, 0.15) is 5.82 Å². The molecule has 6 heteroatoms. The first kappa shape index (κ1) is 10.5. The van der Waals surface area contributed by atoms with Crippen molar-refractivity contribution in [1.29, 1.82) is 0 Å². The molecule has 0 aliphatic carbocycles. The van der Waals surface area contributed by atoms with Gasteiger partial charge in [0.2, 0.25) is 5.91 Å². The number of anilines is 1. The first-order valence-electron chi connectivity index (χ1n) is 3.71. The Kier molecular flexibility index (Phi) is 3.74. The van der Waals surface area contributed by atoms with Crippen molar-refractivity contribution in [2.75, 3.05) is 11.2 Å². The topological polar surface area (TPSA) is 57.8 Å². The maximum atomic E-state index is 11.3. The lowest BCUT2D eigenvalue weighted by atomic mass is 10.2. The van der Waals surface area contributed by atoms with Gasteiger partial charge in [-0.1, -0.05) is 6.92 Å². The molecule has 0 radical (unpaired) electrons. The molecule has 0 saturated carbocycles. The lowest BCUT2D eigenvalue weighted by molar-refractivity contribution is -0.118. The number of nitrogens with zero attached hydrogens (tertiary/aromatic N) is 1. The van der Waals surface area contributed by atoms with Crippen molar-refractivity contribution in [2.24, 2.45) is 5.92 Å². The number of nitrogens with one attached hydrogen (secondary N) is 2. The molecule has 1 amide bonds. The van der Waals surface area contributed by atoms with Crippen LogP contribution in [0.3, 0.4) is 0 Å². The van der Waals surface area contributed by atoms with Crippen molar-refractivity contribution in [2.45, 2.75) is 6.92 Å². The monoisotopic (exact) mass is 265 g/mol. The summed E-state index contributed by atoms with van der Waals surface area (Å²) in [6, 6.07) is 0. The molecule has 0 aromatic carbocycles. The van der Waals surface area contributed by atoms with Gasteiger partial charge < -0.3 is 5.32 Å². The fourth-order valence-electron chi connectivity index (χ4n) is 0.676. The Bertz CT molecular complexity index is 302. The number of carbonyl (C=O) groups is 1. The Morgan fingerprint density at radius 1 is 1.92 bits per heavy atom. The molecule has 1 heterocycles. The number of hydrogen-bond acceptors (Lipinski definition) is 2. The lowest BCUT2D eigenvalue weighted by Gasteiger charge is -2.07. The molecule has 1 rings (SSSR count). The van der Waals surface area contributed by atoms with E-state index < -0.39 is 0 Å². The Hall–Kier alpha value is -0.550. The first-order chi connectivity index (χ1) is 6.15. The second-order valence-electron chi connectivity index (χ2n) is 2.64. The highest BCUT2D eigenvalue weighted by atomic mass is 79.9. The summed E-state index contributed by atoms with van der Waals surface area (Å²) in [7, 11) is 0. The minimum Gasteiger partial charge on any atom is -0.310 e. The molecule has 2 N–H and O–H groups in total. The summed E-state index contributed by atoms with van der Waals surface area (Å²) < 4.78 is 0.725. The van der Waals surface area contributed by atoms with E-state index in [0.29, 0.717) is 11.7 Å². The van der Waals surface area contributed by atoms with E-state index in [0.717, 1.165) is 4.47 Å². The number of rotatable bonds is 3. The van der Waals surface area contributed by atoms with E-state index in [9.17, 15) is 4.79 Å². The molecular weight excluding hydrogens is 257 g/mol. The zero-order valence-corrected chi connectivity index (χ0v) is 9.32. The van der Waals surface area contributed by atoms with Crippen LogP contribution in [0.15, 0.2) is 10.7 Å². The zero-order chi connectivity index (χ0) is 9.84. The number of amides is 1. The quantitative estimate of drug-likeness (QED) is 0.822. The molecular formula is C7H9BrClN3O. The number of H-pyrrole nitrogens is 1. The normalized spacial score (nSPS) is 12.5. The van der Waals surface area contributed by atoms with Gasteiger partial charge in [-0.05, 0) is 15.9 Å². The van der Waals surface area contributed by atoms with E-state index in [1.54, 1.807) is 13.1 Å². The summed E-state index contributed by atoms with van der Waals surface area (Å²) >= 11 is 8.75. The van der Waals surface area contributed by atoms with Crippen LogP contribution in [0.25, 0.3) is 0 Å². The molecule has 0 aliphatic heterocycles. The van der Waals surface area contributed by atoms with Gasteiger partial charge in [0.15, 0.2) is 0 Å². The average Bonchev–Trinajstić information content (AvgIpc) is 2.50. The highest BCUT2D eigenvalue weighted by Gasteiger charge is 2.13. The number of halogens is 2. The van der Waals surface area contributed by atoms with Crippen molar-refractivity contribution < 1.29 is 4.79 Å². The second-order valence-corrected chi connectivity index (χ2v) is 3.80. The van der Waals surface area contributed by atoms with Crippen molar-refractivity contribution in [3.63, 3.8) is 0 Å². The standard InChI is InChI=1S/C7H9BrClN3O/c1-4(2-9)7(13)11-6-5(8)3-10-12-6/h3-4H,2H2,1H3,(H2,10,11,12,13). The Morgan fingerprint density at radius 2 is 2.62 bits per heavy atom. The molecule has 13 heavy (non-hydrogen) atoms. The van der Waals surface area contributed by atoms with Gasteiger partial charge in [-0.15, -0.1) is 11.6 Å². The molecule has 0 saturated heterocycles. The summed E-state index contributed by atoms with van der Waals surface area (Å²) in [4.78, 5) is 11.3. The van der Waals surface area contributed by atoms with Crippen LogP contribution in [0.5, 0.6) is 0 Å². The summed E-state index contributed by atoms with van der Waals surface area (Å²) in [6.45, 7) is 1.76. The molecule has 1 atom stereocenters. The maximum absolute atomic E-state index is 11.3. The first-order valence-corrected chi connectivity index (χ1v) is 5.03. The van der Waals surface area contributed by atoms with E-state index in [4.69, 9.17) is 11.6 Å². The molecule has 72 valence electrons. The number of hydrogen-bond donors (Lipinski definition) is 2. The molecule has 1 aromatic rings. The Morgan fingerprint density at radius 3 is 3.08 bits per heavy atom. The minimum absolute atomic E-state index is 0.125. The summed E-state index contributed by atoms with van der Waals surface area (Å²) in [5.74, 6) is 0.524. The predicted molar refractivity (Wildman–Crippen MR) is 54.8 cm³/mol. The van der Waals surface area contributed by atoms with Gasteiger partial charge in [-0.25, -0.2) is 0 Å². The lowest BCUT2D eigenvalue weighted by Crippen LogP contribution is -2.21. The molecule has 1 aromatic heterocycles. The van der Waals surface area contributed by atoms with Gasteiger partial charge in [-0.2, -0.15) is 5.10 Å². The van der Waals surface area contributed by atoms with Crippen LogP contribution in [0, 0.1) is 5.92 Å². The van der Waals surface area contributed by atoms with Crippen LogP contribution in [-0.4, -0.2) is 22.0 Å². The third kappa shape index (κ3) is 2.70. The smallest absolute Gasteiger partial charge is 0.229 e. The van der Waals surface area contributed by atoms with Crippen LogP contribution < -0.4 is 5.32 Å². The van der Waals surface area contributed by atoms with Gasteiger partial charge in [-0.3, -0.25) is 9.89 Å². The fraction of sp³-hybridized carbons (Fsp3) is 0.429. The number of carbonyl (C=O) groups excluding carboxylic acids is 1. The van der Waals surface area contributed by atoms with Gasteiger partial charge in [0, 0.05) is 11.8 Å². The number of aromatic nitrogens is 2. The van der Waals surface area contributed by atoms with Crippen LogP contribution in [0.1, 0.15) is 6.92 Å². The summed E-state index contributed by atoms with van der Waals surface area (Å²) in [5.41, 5.74) is 0. The maximum Gasteiger partial charge on any atom is 0.229 e. The minimum atomic E-state index is -0.211. The largest absolute Gasteiger partial charge is 0.310 e. The van der Waals surface area contributed by atoms with Crippen LogP contribution in [-0.2, 0) is 4.79 Å². The summed E-state index contributed by atoms with van der Waals surface area (Å²) in [6.07, 6.45) is 1.57. The number of aromatic amines is 1. The zero-order valence-electron chi connectivity index (χ0n) is 6.97. The van der Waals surface area contributed by atoms with E-state index >= 15 is 0 Å². The van der Waals surface area contributed by atoms with Gasteiger partial charge >= 0.3 is 0 Å². The highest BCUT2D eigenvalue weighted by Crippen LogP contribution is 2.18. The van der Waals surface area contributed by atoms with Gasteiger partial charge in [0.05, 0.1) is 10.7 Å². The summed E-state index contributed by atoms with van der Waals surface area (Å²) in [5, 5.41) is 9.04. The Balaban J connectivity index is 2.60. The molecule has 0 bridgehead atoms.